The van der Waals surface area contributed by atoms with Crippen LogP contribution in [0.15, 0.2) is 53.6 Å². The van der Waals surface area contributed by atoms with Crippen LogP contribution in [-0.4, -0.2) is 61.6 Å². The number of nitrogens with zero attached hydrogens (tertiary/aromatic N) is 1. The molecule has 8 nitrogen and oxygen atoms in total. The molecule has 4 N–H and O–H groups in total. The highest BCUT2D eigenvalue weighted by molar-refractivity contribution is 7.89. The van der Waals surface area contributed by atoms with Crippen LogP contribution in [0.25, 0.3) is 10.9 Å². The Bertz CT molecular complexity index is 1360. The number of aromatic amines is 1. The highest BCUT2D eigenvalue weighted by Gasteiger charge is 2.34. The summed E-state index contributed by atoms with van der Waals surface area (Å²) >= 11 is 0. The van der Waals surface area contributed by atoms with Gasteiger partial charge >= 0.3 is 0 Å². The summed E-state index contributed by atoms with van der Waals surface area (Å²) in [6.45, 7) is 4.12. The molecule has 37 heavy (non-hydrogen) atoms. The van der Waals surface area contributed by atoms with Gasteiger partial charge in [-0.05, 0) is 67.2 Å². The minimum absolute atomic E-state index is 0.149. The first-order valence-corrected chi connectivity index (χ1v) is 14.7. The van der Waals surface area contributed by atoms with Gasteiger partial charge in [0.15, 0.2) is 0 Å². The molecule has 0 aliphatic carbocycles. The van der Waals surface area contributed by atoms with E-state index in [0.29, 0.717) is 37.2 Å². The van der Waals surface area contributed by atoms with E-state index in [4.69, 9.17) is 0 Å². The van der Waals surface area contributed by atoms with Gasteiger partial charge in [0.2, 0.25) is 15.9 Å². The monoisotopic (exact) mass is 524 g/mol. The molecular formula is C28H36N4O4S. The lowest BCUT2D eigenvalue weighted by atomic mass is 9.93. The topological polar surface area (TPSA) is 115 Å². The van der Waals surface area contributed by atoms with Crippen LogP contribution in [0.2, 0.25) is 0 Å². The lowest BCUT2D eigenvalue weighted by molar-refractivity contribution is -0.134. The number of sulfonamides is 1. The SMILES string of the molecule is CC1CNc2c(cccc2S(=O)(=O)N[C@@H](Cc2c[nH]c3ccccc23)C(=O)N2CCC(CCO)CC2)C1. The number of carbonyl (C=O) groups is 1. The number of fused-ring (bicyclic) bond motifs is 2. The second-order valence-electron chi connectivity index (χ2n) is 10.5. The molecule has 1 unspecified atom stereocenters. The maximum absolute atomic E-state index is 13.8. The first-order chi connectivity index (χ1) is 17.9. The molecule has 198 valence electrons. The van der Waals surface area contributed by atoms with Gasteiger partial charge in [-0.15, -0.1) is 0 Å². The molecule has 0 radical (unpaired) electrons. The number of likely N-dealkylation sites (tertiary alicyclic amines) is 1. The Morgan fingerprint density at radius 2 is 1.95 bits per heavy atom. The van der Waals surface area contributed by atoms with Gasteiger partial charge in [0, 0.05) is 43.3 Å². The third-order valence-corrected chi connectivity index (χ3v) is 9.27. The second kappa shape index (κ2) is 10.8. The van der Waals surface area contributed by atoms with E-state index in [1.165, 1.54) is 0 Å². The smallest absolute Gasteiger partial charge is 0.243 e. The fraction of sp³-hybridized carbons (Fsp3) is 0.464. The molecule has 0 spiro atoms. The van der Waals surface area contributed by atoms with Crippen LogP contribution < -0.4 is 10.0 Å². The number of carbonyl (C=O) groups excluding carboxylic acids is 1. The van der Waals surface area contributed by atoms with Crippen LogP contribution in [0.4, 0.5) is 5.69 Å². The first-order valence-electron chi connectivity index (χ1n) is 13.2. The van der Waals surface area contributed by atoms with E-state index < -0.39 is 16.1 Å². The van der Waals surface area contributed by atoms with Crippen molar-refractivity contribution in [1.29, 1.82) is 0 Å². The zero-order chi connectivity index (χ0) is 26.0. The Kier molecular flexibility index (Phi) is 7.55. The van der Waals surface area contributed by atoms with Crippen molar-refractivity contribution >= 4 is 32.5 Å². The van der Waals surface area contributed by atoms with Gasteiger partial charge in [-0.25, -0.2) is 8.42 Å². The Labute approximate surface area is 218 Å². The standard InChI is InChI=1S/C28H36N4O4S/c1-19-15-21-5-4-8-26(27(21)30-17-19)37(35,36)31-25(16-22-18-29-24-7-3-2-6-23(22)24)28(34)32-12-9-20(10-13-32)11-14-33/h2-8,18-20,25,29-31,33H,9-17H2,1H3/t19?,25-/m0/s1. The second-order valence-corrected chi connectivity index (χ2v) is 12.2. The van der Waals surface area contributed by atoms with Gasteiger partial charge in [-0.1, -0.05) is 37.3 Å². The summed E-state index contributed by atoms with van der Waals surface area (Å²) in [5.74, 6) is 0.605. The average molecular weight is 525 g/mol. The number of rotatable bonds is 8. The zero-order valence-corrected chi connectivity index (χ0v) is 22.1. The molecule has 1 aromatic heterocycles. The van der Waals surface area contributed by atoms with Crippen molar-refractivity contribution in [2.75, 3.05) is 31.6 Å². The number of aliphatic hydroxyl groups is 1. The maximum atomic E-state index is 13.8. The van der Waals surface area contributed by atoms with Crippen LogP contribution >= 0.6 is 0 Å². The Hall–Kier alpha value is -2.88. The normalized spacial score (nSPS) is 19.4. The third-order valence-electron chi connectivity index (χ3n) is 7.76. The predicted octanol–water partition coefficient (Wildman–Crippen LogP) is 3.28. The van der Waals surface area contributed by atoms with Crippen molar-refractivity contribution in [1.82, 2.24) is 14.6 Å². The minimum atomic E-state index is -3.98. The number of H-pyrrole nitrogens is 1. The summed E-state index contributed by atoms with van der Waals surface area (Å²) < 4.78 is 30.3. The Morgan fingerprint density at radius 1 is 1.16 bits per heavy atom. The maximum Gasteiger partial charge on any atom is 0.243 e. The number of aromatic nitrogens is 1. The van der Waals surface area contributed by atoms with E-state index in [1.807, 2.05) is 36.5 Å². The summed E-state index contributed by atoms with van der Waals surface area (Å²) in [7, 11) is -3.98. The number of hydrogen-bond acceptors (Lipinski definition) is 5. The molecule has 5 rings (SSSR count). The molecule has 3 heterocycles. The Morgan fingerprint density at radius 3 is 2.73 bits per heavy atom. The van der Waals surface area contributed by atoms with Crippen LogP contribution in [-0.2, 0) is 27.7 Å². The molecule has 0 saturated carbocycles. The molecule has 0 bridgehead atoms. The third kappa shape index (κ3) is 5.54. The van der Waals surface area contributed by atoms with Gasteiger partial charge in [0.25, 0.3) is 0 Å². The highest BCUT2D eigenvalue weighted by atomic mass is 32.2. The number of anilines is 1. The fourth-order valence-corrected chi connectivity index (χ4v) is 7.11. The number of aliphatic hydroxyl groups excluding tert-OH is 1. The van der Waals surface area contributed by atoms with Gasteiger partial charge in [-0.2, -0.15) is 4.72 Å². The van der Waals surface area contributed by atoms with Crippen molar-refractivity contribution in [3.8, 4) is 0 Å². The summed E-state index contributed by atoms with van der Waals surface area (Å²) in [6.07, 6.45) is 5.28. The molecule has 2 aromatic carbocycles. The van der Waals surface area contributed by atoms with Crippen LogP contribution in [0.5, 0.6) is 0 Å². The summed E-state index contributed by atoms with van der Waals surface area (Å²) in [5.41, 5.74) is 3.46. The molecule has 1 fully saturated rings. The van der Waals surface area contributed by atoms with Gasteiger partial charge in [0.05, 0.1) is 5.69 Å². The van der Waals surface area contributed by atoms with Gasteiger partial charge in [0.1, 0.15) is 10.9 Å². The lowest BCUT2D eigenvalue weighted by Gasteiger charge is -2.34. The summed E-state index contributed by atoms with van der Waals surface area (Å²) in [5, 5.41) is 13.6. The molecule has 9 heteroatoms. The van der Waals surface area contributed by atoms with E-state index in [9.17, 15) is 18.3 Å². The lowest BCUT2D eigenvalue weighted by Crippen LogP contribution is -2.51. The summed E-state index contributed by atoms with van der Waals surface area (Å²) in [6, 6.07) is 12.2. The molecule has 2 atom stereocenters. The van der Waals surface area contributed by atoms with Crippen molar-refractivity contribution in [3.63, 3.8) is 0 Å². The van der Waals surface area contributed by atoms with Crippen molar-refractivity contribution in [2.45, 2.75) is 50.0 Å². The zero-order valence-electron chi connectivity index (χ0n) is 21.2. The summed E-state index contributed by atoms with van der Waals surface area (Å²) in [4.78, 5) is 19.0. The fourth-order valence-electron chi connectivity index (χ4n) is 5.69. The van der Waals surface area contributed by atoms with Crippen molar-refractivity contribution < 1.29 is 18.3 Å². The molecule has 3 aromatic rings. The minimum Gasteiger partial charge on any atom is -0.396 e. The molecular weight excluding hydrogens is 488 g/mol. The van der Waals surface area contributed by atoms with E-state index in [1.54, 1.807) is 17.0 Å². The van der Waals surface area contributed by atoms with Gasteiger partial charge in [-0.3, -0.25) is 4.79 Å². The Balaban J connectivity index is 1.43. The number of amides is 1. The highest BCUT2D eigenvalue weighted by Crippen LogP contribution is 2.32. The van der Waals surface area contributed by atoms with E-state index in [2.05, 4.69) is 21.9 Å². The number of nitrogens with one attached hydrogen (secondary N) is 3. The first kappa shape index (κ1) is 25.8. The largest absolute Gasteiger partial charge is 0.396 e. The van der Waals surface area contributed by atoms with E-state index in [0.717, 1.165) is 47.7 Å². The average Bonchev–Trinajstić information content (AvgIpc) is 3.30. The van der Waals surface area contributed by atoms with Crippen molar-refractivity contribution in [2.24, 2.45) is 11.8 Å². The van der Waals surface area contributed by atoms with E-state index in [-0.39, 0.29) is 23.8 Å². The van der Waals surface area contributed by atoms with Crippen LogP contribution in [0, 0.1) is 11.8 Å². The molecule has 2 aliphatic rings. The van der Waals surface area contributed by atoms with E-state index >= 15 is 0 Å². The van der Waals surface area contributed by atoms with Crippen molar-refractivity contribution in [3.05, 3.63) is 59.8 Å². The molecule has 1 amide bonds. The number of piperidine rings is 1. The quantitative estimate of drug-likeness (QED) is 0.361. The van der Waals surface area contributed by atoms with Crippen LogP contribution in [0.3, 0.4) is 0 Å². The number of benzene rings is 2. The number of para-hydroxylation sites is 2. The molecule has 2 aliphatic heterocycles. The predicted molar refractivity (Wildman–Crippen MR) is 145 cm³/mol. The van der Waals surface area contributed by atoms with Crippen LogP contribution in [0.1, 0.15) is 37.3 Å². The van der Waals surface area contributed by atoms with Gasteiger partial charge < -0.3 is 20.3 Å². The number of hydrogen-bond donors (Lipinski definition) is 4. The molecule has 1 saturated heterocycles.